The molecule has 3 aromatic rings. The third-order valence-corrected chi connectivity index (χ3v) is 8.19. The molecule has 0 bridgehead atoms. The van der Waals surface area contributed by atoms with Gasteiger partial charge in [-0.2, -0.15) is 9.97 Å². The molecule has 9 unspecified atom stereocenters. The topological polar surface area (TPSA) is 379 Å². The quantitative estimate of drug-likeness (QED) is 0.0286. The maximum absolute atomic E-state index is 11.9. The molecule has 3 heterocycles. The minimum atomic E-state index is -3.40. The van der Waals surface area contributed by atoms with E-state index in [1.807, 2.05) is 13.8 Å². The molecule has 3 aliphatic rings. The minimum absolute atomic E-state index is 0. The Kier molecular flexibility index (Phi) is 20.2. The molecule has 0 aliphatic heterocycles. The number of anilines is 3. The number of hydrogen-bond donors (Lipinski definition) is 10. The van der Waals surface area contributed by atoms with Crippen LogP contribution in [-0.4, -0.2) is 111 Å². The number of halogens is 4. The molecule has 14 N–H and O–H groups in total. The van der Waals surface area contributed by atoms with Crippen molar-refractivity contribution in [3.05, 3.63) is 51.0 Å². The summed E-state index contributed by atoms with van der Waals surface area (Å²) in [5.41, 5.74) is 18.7. The van der Waals surface area contributed by atoms with Crippen LogP contribution in [0.15, 0.2) is 18.6 Å². The zero-order chi connectivity index (χ0) is 75.4. The normalized spacial score (nSPS) is 36.6. The van der Waals surface area contributed by atoms with Crippen LogP contribution < -0.4 is 147 Å². The monoisotopic (exact) mass is 1160 g/mol. The van der Waals surface area contributed by atoms with Crippen LogP contribution in [0.5, 0.6) is 0 Å². The minimum Gasteiger partial charge on any atom is -1.00 e. The van der Waals surface area contributed by atoms with Crippen molar-refractivity contribution in [1.82, 2.24) is 29.9 Å². The number of nitrogens with two attached hydrogens (primary N) is 4. The van der Waals surface area contributed by atoms with Crippen molar-refractivity contribution in [2.75, 3.05) is 16.0 Å². The summed E-state index contributed by atoms with van der Waals surface area (Å²) in [5.74, 6) is -10.6. The van der Waals surface area contributed by atoms with Crippen LogP contribution >= 0.6 is 47.2 Å². The summed E-state index contributed by atoms with van der Waals surface area (Å²) in [4.78, 5) is 67.4. The number of carbonyl (C=O) groups excluding carboxylic acids is 4. The number of amides is 3. The third kappa shape index (κ3) is 29.0. The van der Waals surface area contributed by atoms with E-state index < -0.39 is 168 Å². The van der Waals surface area contributed by atoms with E-state index in [2.05, 4.69) is 50.7 Å². The van der Waals surface area contributed by atoms with Gasteiger partial charge in [-0.3, -0.25) is 19.2 Å². The first-order valence-corrected chi connectivity index (χ1v) is 20.3. The van der Waals surface area contributed by atoms with E-state index in [1.54, 1.807) is 0 Å². The second kappa shape index (κ2) is 38.3. The molecule has 9 atom stereocenters. The largest absolute Gasteiger partial charge is 1.00 e. The Balaban J connectivity index is -0.000000618. The van der Waals surface area contributed by atoms with E-state index in [0.717, 1.165) is 12.4 Å². The van der Waals surface area contributed by atoms with Crippen molar-refractivity contribution in [2.24, 2.45) is 40.7 Å². The number of aromatic nitrogens is 6. The van der Waals surface area contributed by atoms with Crippen LogP contribution in [0.1, 0.15) is 182 Å². The van der Waals surface area contributed by atoms with E-state index in [0.29, 0.717) is 0 Å². The number of nitrogens with zero attached hydrogens (tertiary/aromatic N) is 6. The van der Waals surface area contributed by atoms with Gasteiger partial charge < -0.3 is 65.8 Å². The van der Waals surface area contributed by atoms with Crippen molar-refractivity contribution in [3.63, 3.8) is 0 Å². The first-order valence-electron chi connectivity index (χ1n) is 32.7. The van der Waals surface area contributed by atoms with Gasteiger partial charge in [-0.25, -0.2) is 19.9 Å². The average molecular weight is 1160 g/mol. The summed E-state index contributed by atoms with van der Waals surface area (Å²) < 4.78 is 208. The summed E-state index contributed by atoms with van der Waals surface area (Å²) in [6.45, 7) is -5.27. The van der Waals surface area contributed by atoms with Crippen LogP contribution in [0.2, 0.25) is 15.7 Å². The fourth-order valence-corrected chi connectivity index (χ4v) is 5.16. The maximum Gasteiger partial charge on any atom is 1.00 e. The molecule has 0 saturated heterocycles. The van der Waals surface area contributed by atoms with Crippen LogP contribution in [0.25, 0.3) is 0 Å². The predicted octanol–water partition coefficient (Wildman–Crippen LogP) is -1.68. The summed E-state index contributed by atoms with van der Waals surface area (Å²) in [7, 11) is 0. The molecule has 0 aromatic carbocycles. The Labute approximate surface area is 561 Å². The van der Waals surface area contributed by atoms with Crippen LogP contribution in [-0.2, 0) is 9.68 Å². The molecule has 3 aliphatic carbocycles. The molecular weight excluding hydrogens is 1060 g/mol. The first-order chi connectivity index (χ1) is 42.2. The van der Waals surface area contributed by atoms with Crippen LogP contribution in [0.4, 0.5) is 17.6 Å². The summed E-state index contributed by atoms with van der Waals surface area (Å²) in [5, 5.41) is 46.4. The zero-order valence-electron chi connectivity index (χ0n) is 66.7. The number of carbonyl (C=O) groups is 4. The van der Waals surface area contributed by atoms with E-state index in [4.69, 9.17) is 105 Å². The van der Waals surface area contributed by atoms with Crippen molar-refractivity contribution in [3.8, 4) is 0 Å². The molecule has 3 saturated carbocycles. The van der Waals surface area contributed by atoms with Crippen LogP contribution in [0.3, 0.4) is 0 Å². The van der Waals surface area contributed by atoms with Crippen molar-refractivity contribution in [2.45, 2.75) is 155 Å². The standard InChI is InChI=1S/C16H27N5O2.C12H17ClN4O2.C7H15NO.C5H3Cl2N3O.C2H6.CH2O3.ClH.2K.H/c1-9-5-6-10(7-12(9)22)19-14-11(13(17)23)8-18-15(20-14)21-16(2,3)4;1-6-2-3-7(4-9(6)18)16-11-8(10(14)19)5-15-12(13)17-11;1-5-2-3-6(8)4-7(5)9;6-3-2(4(8)11)1-9-5(7)10-3;1-2;2-1-4-3;;;;/h8-10,12,22H,5-7H2,1-4H3,(H2,17,23)(H2,18,19,20,21);5-7,9,18H,2-4H2,1H3,(H2,14,19)(H,15,16,17);5-7,9H,2-4,8H2,1H3;1H,(H2,8,11);1-2H3;1,3H;1H;;;/q;;;;;;;2*+1;-1/p-1/i1D3,2D3,5D2,7D2,12D;1D3,2D2,4D2,9D;1D3,2D2,4D2,7D;;;;;;;. The second-order valence-corrected chi connectivity index (χ2v) is 14.4. The smallest absolute Gasteiger partial charge is 1.00 e. The van der Waals surface area contributed by atoms with Gasteiger partial charge in [-0.05, 0) is 119 Å². The van der Waals surface area contributed by atoms with Gasteiger partial charge in [0.2, 0.25) is 16.5 Å². The van der Waals surface area contributed by atoms with Gasteiger partial charge in [0, 0.05) is 75.2 Å². The van der Waals surface area contributed by atoms with E-state index >= 15 is 0 Å². The van der Waals surface area contributed by atoms with Gasteiger partial charge in [0.25, 0.3) is 24.2 Å². The van der Waals surface area contributed by atoms with Gasteiger partial charge in [-0.15, -0.1) is 12.4 Å². The van der Waals surface area contributed by atoms with Gasteiger partial charge in [-0.1, -0.05) is 46.0 Å². The van der Waals surface area contributed by atoms with Gasteiger partial charge in [0.1, 0.15) is 16.8 Å². The zero-order valence-corrected chi connectivity index (χ0v) is 48.1. The predicted molar refractivity (Wildman–Crippen MR) is 267 cm³/mol. The Hall–Kier alpha value is -1.25. The number of hydrogen-bond acceptors (Lipinski definition) is 19. The van der Waals surface area contributed by atoms with Gasteiger partial charge in [0.05, 0.1) is 39.0 Å². The number of primary amides is 3. The molecule has 6 rings (SSSR count). The van der Waals surface area contributed by atoms with E-state index in [9.17, 15) is 29.7 Å². The molecule has 392 valence electrons. The van der Waals surface area contributed by atoms with Gasteiger partial charge >= 0.3 is 103 Å². The maximum atomic E-state index is 11.9. The summed E-state index contributed by atoms with van der Waals surface area (Å²) in [6.07, 6.45) is -25.3. The number of nitrogens with one attached hydrogen (secondary N) is 3. The first kappa shape index (κ1) is 37.5. The molecule has 71 heavy (non-hydrogen) atoms. The average Bonchev–Trinajstić information content (AvgIpc) is 0.728. The molecule has 0 radical (unpaired) electrons. The van der Waals surface area contributed by atoms with E-state index in [1.165, 1.54) is 20.0 Å². The Morgan fingerprint density at radius 1 is 0.775 bits per heavy atom. The van der Waals surface area contributed by atoms with Gasteiger partial charge in [0.15, 0.2) is 0 Å². The second-order valence-electron chi connectivity index (χ2n) is 13.3. The Morgan fingerprint density at radius 2 is 1.17 bits per heavy atom. The molecule has 0 spiro atoms. The Morgan fingerprint density at radius 3 is 1.58 bits per heavy atom. The Bertz CT molecular complexity index is 3190. The van der Waals surface area contributed by atoms with Crippen molar-refractivity contribution in [1.29, 1.82) is 0 Å². The SMILES string of the molecule is CC.Cl.NC(=O)c1cnc(Cl)nc1Cl.O=CO[O-].[2H]C([2H])([2H])C1C([2H])([2H])CC(N)C([2H])([2H])C1([2H])O.[2H]C([2H])([2H])C1C([2H])([2H])CC(Nc2nc(Cl)ncc2C(N)=O)C([2H])([2H])C1([2H])O.[2H]C([2H])([2H])C1C([2H])([2H])CC(Nc2nc(NC(C)(C)C([2H])([2H])[2H])ncc2C(N)=O)C([2H])([2H])C1([2H])O.[H-].[K+].[K+]. The van der Waals surface area contributed by atoms with Crippen LogP contribution in [0, 0.1) is 17.8 Å². The number of rotatable bonds is 9. The van der Waals surface area contributed by atoms with Crippen molar-refractivity contribution >= 4 is 89.0 Å². The molecule has 28 heteroatoms. The molecule has 3 aromatic heterocycles. The third-order valence-electron chi connectivity index (χ3n) is 7.53. The van der Waals surface area contributed by atoms with Crippen molar-refractivity contribution < 1.29 is 186 Å². The molecule has 3 amide bonds. The number of aliphatic hydroxyl groups is 3. The summed E-state index contributed by atoms with van der Waals surface area (Å²) >= 11 is 16.5. The molecular formula is C43H71Cl4K2N13O9. The fourth-order valence-electron chi connectivity index (χ4n) is 4.63. The molecule has 22 nitrogen and oxygen atoms in total. The molecule has 3 fully saturated rings. The summed E-state index contributed by atoms with van der Waals surface area (Å²) in [6, 6.07) is -4.80. The van der Waals surface area contributed by atoms with E-state index in [-0.39, 0.29) is 167 Å². The fraction of sp³-hybridized carbons (Fsp3) is 0.628.